The van der Waals surface area contributed by atoms with E-state index in [-0.39, 0.29) is 17.1 Å². The minimum absolute atomic E-state index is 0.0760. The first-order chi connectivity index (χ1) is 15.9. The highest BCUT2D eigenvalue weighted by atomic mass is 19.3. The van der Waals surface area contributed by atoms with E-state index in [1.165, 1.54) is 0 Å². The molecule has 1 aliphatic rings. The van der Waals surface area contributed by atoms with Gasteiger partial charge >= 0.3 is 11.6 Å². The Balaban J connectivity index is 2.00. The van der Waals surface area contributed by atoms with Crippen LogP contribution in [0.2, 0.25) is 0 Å². The fraction of sp³-hybridized carbons (Fsp3) is 0.360. The van der Waals surface area contributed by atoms with Crippen LogP contribution < -0.4 is 11.4 Å². The van der Waals surface area contributed by atoms with Gasteiger partial charge in [-0.05, 0) is 16.5 Å². The summed E-state index contributed by atoms with van der Waals surface area (Å²) in [5, 5.41) is 21.1. The van der Waals surface area contributed by atoms with Crippen molar-refractivity contribution >= 4 is 5.82 Å². The van der Waals surface area contributed by atoms with E-state index in [0.29, 0.717) is 11.1 Å². The van der Waals surface area contributed by atoms with Crippen LogP contribution in [0.1, 0.15) is 27.0 Å². The SMILES string of the molecule is CC(C)(C)C(O)[C@H]1O[C@@H](n2c(-c3ccccc3)c(-c3ccccc3)c(N)nc2=O)C(F)(F)[C@@H]1O. The minimum Gasteiger partial charge on any atom is -0.390 e. The molecule has 1 unspecified atom stereocenters. The molecule has 1 aliphatic heterocycles. The molecule has 0 spiro atoms. The summed E-state index contributed by atoms with van der Waals surface area (Å²) < 4.78 is 37.3. The average molecular weight is 472 g/mol. The lowest BCUT2D eigenvalue weighted by Gasteiger charge is -2.31. The maximum Gasteiger partial charge on any atom is 0.352 e. The predicted octanol–water partition coefficient (Wildman–Crippen LogP) is 3.46. The molecule has 1 aromatic heterocycles. The molecule has 3 aromatic rings. The standard InChI is InChI=1S/C25H27F2N3O4/c1-24(2,3)19(31)18-20(32)25(26,27)22(34-18)30-17(15-12-8-5-9-13-15)16(21(28)29-23(30)33)14-10-6-4-7-11-14/h4-13,18-20,22,31-32H,1-3H3,(H2,28,29,33)/t18-,19?,20-,22-/m1/s1. The zero-order chi connectivity index (χ0) is 24.8. The summed E-state index contributed by atoms with van der Waals surface area (Å²) in [5.41, 5.74) is 5.57. The van der Waals surface area contributed by atoms with Gasteiger partial charge in [0, 0.05) is 5.56 Å². The van der Waals surface area contributed by atoms with Gasteiger partial charge in [-0.1, -0.05) is 81.4 Å². The van der Waals surface area contributed by atoms with Gasteiger partial charge in [-0.3, -0.25) is 4.57 Å². The van der Waals surface area contributed by atoms with Crippen molar-refractivity contribution in [3.63, 3.8) is 0 Å². The third kappa shape index (κ3) is 4.00. The average Bonchev–Trinajstić information content (AvgIpc) is 3.02. The summed E-state index contributed by atoms with van der Waals surface area (Å²) in [4.78, 5) is 16.9. The van der Waals surface area contributed by atoms with Gasteiger partial charge in [-0.2, -0.15) is 13.8 Å². The summed E-state index contributed by atoms with van der Waals surface area (Å²) in [6, 6.07) is 17.2. The van der Waals surface area contributed by atoms with Gasteiger partial charge in [0.2, 0.25) is 6.23 Å². The molecule has 0 radical (unpaired) electrons. The number of anilines is 1. The highest BCUT2D eigenvalue weighted by molar-refractivity contribution is 5.87. The number of rotatable bonds is 4. The maximum absolute atomic E-state index is 15.5. The molecule has 0 aliphatic carbocycles. The van der Waals surface area contributed by atoms with Gasteiger partial charge in [0.15, 0.2) is 6.10 Å². The number of nitrogens with zero attached hydrogens (tertiary/aromatic N) is 2. The fourth-order valence-electron chi connectivity index (χ4n) is 4.19. The molecule has 2 aromatic carbocycles. The lowest BCUT2D eigenvalue weighted by molar-refractivity contribution is -0.142. The Bertz CT molecular complexity index is 1230. The summed E-state index contributed by atoms with van der Waals surface area (Å²) in [7, 11) is 0. The lowest BCUT2D eigenvalue weighted by atomic mass is 9.84. The number of aliphatic hydroxyl groups excluding tert-OH is 2. The first-order valence-corrected chi connectivity index (χ1v) is 10.9. The highest BCUT2D eigenvalue weighted by Gasteiger charge is 2.62. The number of hydrogen-bond acceptors (Lipinski definition) is 6. The van der Waals surface area contributed by atoms with Gasteiger partial charge in [0.25, 0.3) is 0 Å². The third-order valence-corrected chi connectivity index (χ3v) is 6.02. The molecule has 2 heterocycles. The van der Waals surface area contributed by atoms with Crippen molar-refractivity contribution in [3.8, 4) is 22.4 Å². The van der Waals surface area contributed by atoms with Crippen LogP contribution in [0.25, 0.3) is 22.4 Å². The largest absolute Gasteiger partial charge is 0.390 e. The normalized spacial score (nSPS) is 23.1. The Morgan fingerprint density at radius 2 is 1.59 bits per heavy atom. The van der Waals surface area contributed by atoms with Crippen LogP contribution in [0.5, 0.6) is 0 Å². The second kappa shape index (κ2) is 8.57. The number of benzene rings is 2. The summed E-state index contributed by atoms with van der Waals surface area (Å²) in [6.45, 7) is 4.91. The van der Waals surface area contributed by atoms with E-state index in [9.17, 15) is 15.0 Å². The third-order valence-electron chi connectivity index (χ3n) is 6.02. The zero-order valence-corrected chi connectivity index (χ0v) is 19.0. The van der Waals surface area contributed by atoms with E-state index in [2.05, 4.69) is 4.98 Å². The Labute approximate surface area is 195 Å². The van der Waals surface area contributed by atoms with Crippen LogP contribution in [-0.2, 0) is 4.74 Å². The molecule has 0 saturated carbocycles. The quantitative estimate of drug-likeness (QED) is 0.538. The van der Waals surface area contributed by atoms with Crippen LogP contribution >= 0.6 is 0 Å². The second-order valence-electron chi connectivity index (χ2n) is 9.49. The molecule has 4 N–H and O–H groups in total. The number of hydrogen-bond donors (Lipinski definition) is 3. The van der Waals surface area contributed by atoms with E-state index in [4.69, 9.17) is 10.5 Å². The van der Waals surface area contributed by atoms with Crippen LogP contribution in [0.4, 0.5) is 14.6 Å². The summed E-state index contributed by atoms with van der Waals surface area (Å²) in [6.07, 6.45) is -7.62. The first kappa shape index (κ1) is 24.0. The second-order valence-corrected chi connectivity index (χ2v) is 9.49. The van der Waals surface area contributed by atoms with Crippen molar-refractivity contribution in [1.29, 1.82) is 0 Å². The van der Waals surface area contributed by atoms with Crippen molar-refractivity contribution in [1.82, 2.24) is 9.55 Å². The molecular weight excluding hydrogens is 444 g/mol. The van der Waals surface area contributed by atoms with E-state index in [0.717, 1.165) is 4.57 Å². The molecule has 0 bridgehead atoms. The molecule has 7 nitrogen and oxygen atoms in total. The topological polar surface area (TPSA) is 111 Å². The molecule has 4 rings (SSSR count). The van der Waals surface area contributed by atoms with Crippen LogP contribution in [0.15, 0.2) is 65.5 Å². The van der Waals surface area contributed by atoms with Crippen molar-refractivity contribution in [2.24, 2.45) is 5.41 Å². The first-order valence-electron chi connectivity index (χ1n) is 10.9. The van der Waals surface area contributed by atoms with Crippen molar-refractivity contribution in [2.75, 3.05) is 5.73 Å². The smallest absolute Gasteiger partial charge is 0.352 e. The summed E-state index contributed by atoms with van der Waals surface area (Å²) >= 11 is 0. The number of ether oxygens (including phenoxy) is 1. The van der Waals surface area contributed by atoms with Crippen LogP contribution in [0, 0.1) is 5.41 Å². The molecule has 0 amide bonds. The Kier molecular flexibility index (Phi) is 6.05. The van der Waals surface area contributed by atoms with Gasteiger partial charge in [0.05, 0.1) is 11.8 Å². The highest BCUT2D eigenvalue weighted by Crippen LogP contribution is 2.48. The molecule has 1 fully saturated rings. The predicted molar refractivity (Wildman–Crippen MR) is 124 cm³/mol. The maximum atomic E-state index is 15.5. The van der Waals surface area contributed by atoms with Gasteiger partial charge in [0.1, 0.15) is 11.9 Å². The van der Waals surface area contributed by atoms with E-state index in [1.54, 1.807) is 81.4 Å². The lowest BCUT2D eigenvalue weighted by Crippen LogP contribution is -2.47. The Hall–Kier alpha value is -3.14. The van der Waals surface area contributed by atoms with E-state index < -0.39 is 41.6 Å². The number of aromatic nitrogens is 2. The van der Waals surface area contributed by atoms with Gasteiger partial charge in [-0.15, -0.1) is 0 Å². The zero-order valence-electron chi connectivity index (χ0n) is 19.0. The molecule has 180 valence electrons. The fourth-order valence-corrected chi connectivity index (χ4v) is 4.19. The monoisotopic (exact) mass is 471 g/mol. The molecule has 9 heteroatoms. The number of nitrogen functional groups attached to an aromatic ring is 1. The van der Waals surface area contributed by atoms with E-state index in [1.807, 2.05) is 0 Å². The van der Waals surface area contributed by atoms with Gasteiger partial charge in [-0.25, -0.2) is 4.79 Å². The van der Waals surface area contributed by atoms with E-state index >= 15 is 8.78 Å². The number of aliphatic hydroxyl groups is 2. The van der Waals surface area contributed by atoms with Crippen molar-refractivity contribution < 1.29 is 23.7 Å². The van der Waals surface area contributed by atoms with Gasteiger partial charge < -0.3 is 20.7 Å². The Morgan fingerprint density at radius 3 is 2.12 bits per heavy atom. The van der Waals surface area contributed by atoms with Crippen molar-refractivity contribution in [2.45, 2.75) is 51.2 Å². The van der Waals surface area contributed by atoms with Crippen molar-refractivity contribution in [3.05, 3.63) is 71.1 Å². The number of halogens is 2. The summed E-state index contributed by atoms with van der Waals surface area (Å²) in [5.74, 6) is -4.03. The molecule has 4 atom stereocenters. The van der Waals surface area contributed by atoms with Crippen LogP contribution in [-0.4, -0.2) is 44.0 Å². The van der Waals surface area contributed by atoms with Crippen LogP contribution in [0.3, 0.4) is 0 Å². The molecular formula is C25H27F2N3O4. The number of alkyl halides is 2. The minimum atomic E-state index is -3.91. The Morgan fingerprint density at radius 1 is 1.06 bits per heavy atom. The molecule has 1 saturated heterocycles. The molecule has 34 heavy (non-hydrogen) atoms. The number of nitrogens with two attached hydrogens (primary N) is 1.